The van der Waals surface area contributed by atoms with Crippen molar-refractivity contribution in [3.8, 4) is 11.4 Å². The number of aliphatic carboxylic acids is 1. The van der Waals surface area contributed by atoms with Crippen molar-refractivity contribution in [3.63, 3.8) is 0 Å². The van der Waals surface area contributed by atoms with Crippen LogP contribution in [0.3, 0.4) is 0 Å². The van der Waals surface area contributed by atoms with Crippen molar-refractivity contribution in [2.75, 3.05) is 20.3 Å². The second kappa shape index (κ2) is 9.15. The van der Waals surface area contributed by atoms with Crippen LogP contribution in [0.5, 0.6) is 5.75 Å². The molecule has 2 fully saturated rings. The van der Waals surface area contributed by atoms with Crippen LogP contribution in [-0.4, -0.2) is 56.9 Å². The molecule has 37 heavy (non-hydrogen) atoms. The molecule has 4 aromatic rings. The number of nitrogens with zero attached hydrogens (tertiary/aromatic N) is 2. The lowest BCUT2D eigenvalue weighted by Gasteiger charge is -2.34. The van der Waals surface area contributed by atoms with E-state index in [0.717, 1.165) is 46.0 Å². The highest BCUT2D eigenvalue weighted by Gasteiger charge is 2.42. The predicted molar refractivity (Wildman–Crippen MR) is 136 cm³/mol. The number of H-pyrrole nitrogens is 1. The Morgan fingerprint density at radius 1 is 1.16 bits per heavy atom. The Labute approximate surface area is 213 Å². The first-order valence-corrected chi connectivity index (χ1v) is 12.8. The number of rotatable bonds is 5. The van der Waals surface area contributed by atoms with Crippen molar-refractivity contribution in [1.29, 1.82) is 0 Å². The van der Waals surface area contributed by atoms with Crippen molar-refractivity contribution in [2.45, 2.75) is 56.0 Å². The number of nitrogens with one attached hydrogen (secondary N) is 1. The molecular formula is C28H30FN3O5. The fraction of sp³-hybridized carbons (Fsp3) is 0.429. The third kappa shape index (κ3) is 3.97. The van der Waals surface area contributed by atoms with Crippen molar-refractivity contribution in [2.24, 2.45) is 0 Å². The molecule has 2 aromatic carbocycles. The van der Waals surface area contributed by atoms with Gasteiger partial charge in [-0.1, -0.05) is 0 Å². The molecule has 3 heterocycles. The largest absolute Gasteiger partial charge is 0.494 e. The highest BCUT2D eigenvalue weighted by atomic mass is 19.1. The van der Waals surface area contributed by atoms with E-state index >= 15 is 0 Å². The van der Waals surface area contributed by atoms with Crippen LogP contribution >= 0.6 is 0 Å². The zero-order valence-electron chi connectivity index (χ0n) is 20.7. The van der Waals surface area contributed by atoms with Crippen LogP contribution in [-0.2, 0) is 9.53 Å². The Bertz CT molecular complexity index is 1480. The van der Waals surface area contributed by atoms with E-state index < -0.39 is 17.4 Å². The minimum absolute atomic E-state index is 0.0731. The number of aliphatic hydroxyl groups is 1. The van der Waals surface area contributed by atoms with Gasteiger partial charge in [0.15, 0.2) is 17.2 Å². The summed E-state index contributed by atoms with van der Waals surface area (Å²) in [7, 11) is 1.46. The molecule has 2 aliphatic rings. The van der Waals surface area contributed by atoms with E-state index in [1.807, 2.05) is 0 Å². The van der Waals surface area contributed by atoms with Crippen LogP contribution in [0.25, 0.3) is 27.5 Å². The first-order chi connectivity index (χ1) is 17.9. The number of fused-ring (bicyclic) bond motifs is 2. The molecule has 1 aliphatic carbocycles. The third-order valence-electron chi connectivity index (χ3n) is 8.22. The summed E-state index contributed by atoms with van der Waals surface area (Å²) in [6, 6.07) is 9.15. The molecule has 1 saturated carbocycles. The average molecular weight is 508 g/mol. The molecule has 9 heteroatoms. The van der Waals surface area contributed by atoms with Crippen LogP contribution in [0.2, 0.25) is 0 Å². The predicted octanol–water partition coefficient (Wildman–Crippen LogP) is 5.02. The smallest absolute Gasteiger partial charge is 0.335 e. The quantitative estimate of drug-likeness (QED) is 0.350. The molecule has 0 spiro atoms. The summed E-state index contributed by atoms with van der Waals surface area (Å²) in [6.45, 7) is 1.32. The number of halogens is 1. The second-order valence-electron chi connectivity index (χ2n) is 10.3. The summed E-state index contributed by atoms with van der Waals surface area (Å²) in [5.74, 6) is -1.12. The lowest BCUT2D eigenvalue weighted by atomic mass is 9.74. The molecule has 8 nitrogen and oxygen atoms in total. The zero-order valence-corrected chi connectivity index (χ0v) is 20.7. The van der Waals surface area contributed by atoms with E-state index in [2.05, 4.69) is 26.9 Å². The highest BCUT2D eigenvalue weighted by molar-refractivity contribution is 5.99. The lowest BCUT2D eigenvalue weighted by molar-refractivity contribution is -0.162. The summed E-state index contributed by atoms with van der Waals surface area (Å²) in [5, 5.41) is 29.5. The minimum atomic E-state index is -1.69. The number of hydrogen-bond acceptors (Lipinski definition) is 5. The Morgan fingerprint density at radius 2 is 1.92 bits per heavy atom. The van der Waals surface area contributed by atoms with Gasteiger partial charge >= 0.3 is 5.97 Å². The molecule has 3 N–H and O–H groups in total. The maximum Gasteiger partial charge on any atom is 0.335 e. The summed E-state index contributed by atoms with van der Waals surface area (Å²) in [6.07, 6.45) is 5.02. The minimum Gasteiger partial charge on any atom is -0.494 e. The van der Waals surface area contributed by atoms with Crippen molar-refractivity contribution >= 4 is 27.8 Å². The number of carboxylic acids is 1. The fourth-order valence-corrected chi connectivity index (χ4v) is 6.23. The maximum absolute atomic E-state index is 14.4. The van der Waals surface area contributed by atoms with Crippen LogP contribution in [0.1, 0.15) is 61.6 Å². The van der Waals surface area contributed by atoms with Gasteiger partial charge in [-0.25, -0.2) is 9.18 Å². The first-order valence-electron chi connectivity index (χ1n) is 12.8. The van der Waals surface area contributed by atoms with Gasteiger partial charge in [-0.3, -0.25) is 5.10 Å². The third-order valence-corrected chi connectivity index (χ3v) is 8.22. The van der Waals surface area contributed by atoms with E-state index in [9.17, 15) is 19.4 Å². The monoisotopic (exact) mass is 507 g/mol. The van der Waals surface area contributed by atoms with Crippen molar-refractivity contribution in [3.05, 3.63) is 53.6 Å². The van der Waals surface area contributed by atoms with Crippen LogP contribution in [0.4, 0.5) is 4.39 Å². The van der Waals surface area contributed by atoms with E-state index in [-0.39, 0.29) is 30.4 Å². The molecule has 0 amide bonds. The standard InChI is InChI=1S/C28H30FN3O5/c1-36-24-13-19(2-3-21(24)29)32-23-12-18-15-30-31-22(18)14-20(23)25(26(32)17-6-10-37-11-7-17)16-4-8-28(35,9-5-16)27(33)34/h2-3,12-17,35H,4-11H2,1H3,(H,30,31)(H,33,34)/t16-,28+. The molecule has 1 saturated heterocycles. The fourth-order valence-electron chi connectivity index (χ4n) is 6.23. The SMILES string of the molecule is COc1cc(-n2c(C3CCOCC3)c([C@H]3CC[C@](O)(C(=O)O)CC3)c3cc4[nH]ncc4cc32)ccc1F. The van der Waals surface area contributed by atoms with Gasteiger partial charge in [0.05, 0.1) is 24.3 Å². The van der Waals surface area contributed by atoms with E-state index in [4.69, 9.17) is 9.47 Å². The van der Waals surface area contributed by atoms with Crippen molar-refractivity contribution in [1.82, 2.24) is 14.8 Å². The number of ether oxygens (including phenoxy) is 2. The molecule has 6 rings (SSSR count). The van der Waals surface area contributed by atoms with Gasteiger partial charge in [0.25, 0.3) is 0 Å². The first kappa shape index (κ1) is 23.9. The highest BCUT2D eigenvalue weighted by Crippen LogP contribution is 2.48. The molecule has 0 atom stereocenters. The average Bonchev–Trinajstić information content (AvgIpc) is 3.50. The number of methoxy groups -OCH3 is 1. The summed E-state index contributed by atoms with van der Waals surface area (Å²) >= 11 is 0. The number of carbonyl (C=O) groups is 1. The summed E-state index contributed by atoms with van der Waals surface area (Å²) in [4.78, 5) is 11.7. The molecule has 0 unspecified atom stereocenters. The molecule has 194 valence electrons. The Balaban J connectivity index is 1.61. The number of aromatic amines is 1. The van der Waals surface area contributed by atoms with Crippen LogP contribution in [0, 0.1) is 5.82 Å². The number of hydrogen-bond donors (Lipinski definition) is 3. The number of carboxylic acid groups (broad SMARTS) is 1. The summed E-state index contributed by atoms with van der Waals surface area (Å²) in [5.41, 5.74) is 3.34. The van der Waals surface area contributed by atoms with Crippen LogP contribution in [0.15, 0.2) is 36.5 Å². The van der Waals surface area contributed by atoms with Gasteiger partial charge in [-0.2, -0.15) is 5.10 Å². The number of aromatic nitrogens is 3. The van der Waals surface area contributed by atoms with Gasteiger partial charge < -0.3 is 24.3 Å². The molecule has 0 bridgehead atoms. The normalized spacial score (nSPS) is 23.1. The second-order valence-corrected chi connectivity index (χ2v) is 10.3. The van der Waals surface area contributed by atoms with E-state index in [0.29, 0.717) is 26.1 Å². The van der Waals surface area contributed by atoms with E-state index in [1.54, 1.807) is 18.3 Å². The van der Waals surface area contributed by atoms with Gasteiger partial charge in [0.2, 0.25) is 0 Å². The topological polar surface area (TPSA) is 110 Å². The van der Waals surface area contributed by atoms with Crippen molar-refractivity contribution < 1.29 is 28.9 Å². The number of benzene rings is 2. The molecule has 0 radical (unpaired) electrons. The molecular weight excluding hydrogens is 477 g/mol. The van der Waals surface area contributed by atoms with Gasteiger partial charge in [-0.15, -0.1) is 0 Å². The zero-order chi connectivity index (χ0) is 25.7. The lowest BCUT2D eigenvalue weighted by Crippen LogP contribution is -2.41. The van der Waals surface area contributed by atoms with Crippen LogP contribution < -0.4 is 4.74 Å². The van der Waals surface area contributed by atoms with Gasteiger partial charge in [0, 0.05) is 47.4 Å². The maximum atomic E-state index is 14.4. The Kier molecular flexibility index (Phi) is 5.92. The van der Waals surface area contributed by atoms with Gasteiger partial charge in [-0.05, 0) is 74.3 Å². The Morgan fingerprint density at radius 3 is 2.62 bits per heavy atom. The molecule has 2 aromatic heterocycles. The molecule has 1 aliphatic heterocycles. The van der Waals surface area contributed by atoms with Gasteiger partial charge in [0.1, 0.15) is 0 Å². The summed E-state index contributed by atoms with van der Waals surface area (Å²) < 4.78 is 27.7. The Hall–Kier alpha value is -3.43. The van der Waals surface area contributed by atoms with E-state index in [1.165, 1.54) is 18.7 Å².